The number of benzene rings is 2. The highest BCUT2D eigenvalue weighted by Gasteiger charge is 2.32. The van der Waals surface area contributed by atoms with E-state index < -0.39 is 8.38 Å². The van der Waals surface area contributed by atoms with Crippen LogP contribution in [0.3, 0.4) is 0 Å². The summed E-state index contributed by atoms with van der Waals surface area (Å²) >= 11 is 0. The molecule has 1 atom stereocenters. The predicted octanol–water partition coefficient (Wildman–Crippen LogP) is 9.15. The highest BCUT2D eigenvalue weighted by molar-refractivity contribution is 7.49. The van der Waals surface area contributed by atoms with Crippen molar-refractivity contribution in [2.75, 3.05) is 0 Å². The number of hydrogen-bond acceptors (Lipinski definition) is 2. The van der Waals surface area contributed by atoms with Gasteiger partial charge in [0.1, 0.15) is 11.5 Å². The van der Waals surface area contributed by atoms with E-state index in [1.54, 1.807) is 0 Å². The summed E-state index contributed by atoms with van der Waals surface area (Å²) in [5.41, 5.74) is 4.01. The van der Waals surface area contributed by atoms with Crippen LogP contribution in [0.4, 0.5) is 0 Å². The molecule has 0 amide bonds. The van der Waals surface area contributed by atoms with E-state index in [4.69, 9.17) is 9.05 Å². The van der Waals surface area contributed by atoms with Gasteiger partial charge < -0.3 is 9.05 Å². The Balaban J connectivity index is 2.44. The van der Waals surface area contributed by atoms with E-state index in [1.165, 1.54) is 16.7 Å². The van der Waals surface area contributed by atoms with Gasteiger partial charge in [0.2, 0.25) is 0 Å². The standard InChI is InChI=1S/C28H43O2P/c1-25(2,3)20-14-13-15-23(17-20)29-31(28(10,11)12)30-24-18-21(26(4,5)6)16-22(19-24)27(7,8)9/h13-19H,1-12H3. The number of rotatable bonds is 4. The second-order valence-corrected chi connectivity index (χ2v) is 14.9. The zero-order valence-corrected chi connectivity index (χ0v) is 22.7. The lowest BCUT2D eigenvalue weighted by Gasteiger charge is -2.31. The van der Waals surface area contributed by atoms with E-state index in [9.17, 15) is 0 Å². The molecule has 0 heterocycles. The van der Waals surface area contributed by atoms with Crippen LogP contribution in [0.25, 0.3) is 0 Å². The molecule has 0 N–H and O–H groups in total. The van der Waals surface area contributed by atoms with Crippen molar-refractivity contribution < 1.29 is 9.05 Å². The summed E-state index contributed by atoms with van der Waals surface area (Å²) in [6.07, 6.45) is 0. The third-order valence-corrected chi connectivity index (χ3v) is 7.11. The zero-order chi connectivity index (χ0) is 23.8. The molecule has 2 aromatic rings. The van der Waals surface area contributed by atoms with E-state index in [2.05, 4.69) is 119 Å². The summed E-state index contributed by atoms with van der Waals surface area (Å²) in [6.45, 7) is 26.7. The van der Waals surface area contributed by atoms with Crippen LogP contribution in [0.2, 0.25) is 0 Å². The molecule has 31 heavy (non-hydrogen) atoms. The van der Waals surface area contributed by atoms with Crippen molar-refractivity contribution in [1.29, 1.82) is 0 Å². The number of hydrogen-bond donors (Lipinski definition) is 0. The van der Waals surface area contributed by atoms with E-state index in [0.29, 0.717) is 0 Å². The third-order valence-electron chi connectivity index (χ3n) is 5.26. The Morgan fingerprint density at radius 3 is 1.35 bits per heavy atom. The predicted molar refractivity (Wildman–Crippen MR) is 137 cm³/mol. The van der Waals surface area contributed by atoms with Crippen molar-refractivity contribution in [2.24, 2.45) is 0 Å². The summed E-state index contributed by atoms with van der Waals surface area (Å²) in [6, 6.07) is 15.1. The lowest BCUT2D eigenvalue weighted by Crippen LogP contribution is -2.20. The fourth-order valence-electron chi connectivity index (χ4n) is 3.02. The average molecular weight is 443 g/mol. The molecular weight excluding hydrogens is 399 g/mol. The van der Waals surface area contributed by atoms with Crippen molar-refractivity contribution >= 4 is 8.38 Å². The second-order valence-electron chi connectivity index (χ2n) is 12.6. The molecule has 0 aliphatic heterocycles. The molecule has 0 fully saturated rings. The monoisotopic (exact) mass is 442 g/mol. The molecule has 172 valence electrons. The Hall–Kier alpha value is -1.53. The third kappa shape index (κ3) is 7.25. The van der Waals surface area contributed by atoms with Gasteiger partial charge in [0, 0.05) is 0 Å². The first kappa shape index (κ1) is 25.7. The molecule has 0 saturated carbocycles. The molecular formula is C28H43O2P. The summed E-state index contributed by atoms with van der Waals surface area (Å²) < 4.78 is 13.1. The Kier molecular flexibility index (Phi) is 7.29. The Morgan fingerprint density at radius 1 is 0.516 bits per heavy atom. The van der Waals surface area contributed by atoms with E-state index in [-0.39, 0.29) is 21.4 Å². The van der Waals surface area contributed by atoms with Crippen LogP contribution in [0.1, 0.15) is 99.8 Å². The molecule has 3 heteroatoms. The Labute approximate surface area is 192 Å². The normalized spacial score (nSPS) is 14.3. The Bertz CT molecular complexity index is 855. The smallest absolute Gasteiger partial charge is 0.296 e. The highest BCUT2D eigenvalue weighted by Crippen LogP contribution is 2.52. The second kappa shape index (κ2) is 8.78. The highest BCUT2D eigenvalue weighted by atomic mass is 31.2. The van der Waals surface area contributed by atoms with Gasteiger partial charge in [-0.1, -0.05) is 80.5 Å². The zero-order valence-electron chi connectivity index (χ0n) is 21.8. The summed E-state index contributed by atoms with van der Waals surface area (Å²) in [5, 5.41) is -0.132. The average Bonchev–Trinajstić information content (AvgIpc) is 2.58. The van der Waals surface area contributed by atoms with Crippen LogP contribution in [0, 0.1) is 0 Å². The molecule has 0 spiro atoms. The largest absolute Gasteiger partial charge is 0.438 e. The molecule has 0 radical (unpaired) electrons. The first-order valence-electron chi connectivity index (χ1n) is 11.3. The van der Waals surface area contributed by atoms with Crippen molar-refractivity contribution in [2.45, 2.75) is 104 Å². The van der Waals surface area contributed by atoms with Crippen LogP contribution >= 0.6 is 8.38 Å². The van der Waals surface area contributed by atoms with Gasteiger partial charge in [-0.05, 0) is 78.0 Å². The van der Waals surface area contributed by atoms with Crippen LogP contribution in [0.5, 0.6) is 11.5 Å². The van der Waals surface area contributed by atoms with Crippen LogP contribution in [0.15, 0.2) is 42.5 Å². The van der Waals surface area contributed by atoms with E-state index in [1.807, 2.05) is 6.07 Å². The van der Waals surface area contributed by atoms with Crippen molar-refractivity contribution in [3.8, 4) is 11.5 Å². The molecule has 0 aliphatic rings. The van der Waals surface area contributed by atoms with Crippen LogP contribution in [-0.4, -0.2) is 5.16 Å². The fraction of sp³-hybridized carbons (Fsp3) is 0.571. The molecule has 0 saturated heterocycles. The van der Waals surface area contributed by atoms with Gasteiger partial charge in [-0.25, -0.2) is 0 Å². The quantitative estimate of drug-likeness (QED) is 0.439. The van der Waals surface area contributed by atoms with Crippen LogP contribution < -0.4 is 9.05 Å². The van der Waals surface area contributed by atoms with E-state index >= 15 is 0 Å². The lowest BCUT2D eigenvalue weighted by molar-refractivity contribution is 0.450. The molecule has 1 unspecified atom stereocenters. The van der Waals surface area contributed by atoms with Gasteiger partial charge in [0.25, 0.3) is 8.38 Å². The van der Waals surface area contributed by atoms with Gasteiger partial charge in [-0.3, -0.25) is 0 Å². The molecule has 0 bridgehead atoms. The maximum absolute atomic E-state index is 6.62. The molecule has 2 aromatic carbocycles. The van der Waals surface area contributed by atoms with Gasteiger partial charge in [-0.15, -0.1) is 0 Å². The maximum Gasteiger partial charge on any atom is 0.296 e. The summed E-state index contributed by atoms with van der Waals surface area (Å²) in [4.78, 5) is 0. The van der Waals surface area contributed by atoms with Crippen molar-refractivity contribution in [1.82, 2.24) is 0 Å². The first-order valence-corrected chi connectivity index (χ1v) is 12.5. The van der Waals surface area contributed by atoms with E-state index in [0.717, 1.165) is 11.5 Å². The summed E-state index contributed by atoms with van der Waals surface area (Å²) in [5.74, 6) is 1.77. The van der Waals surface area contributed by atoms with Gasteiger partial charge in [-0.2, -0.15) is 0 Å². The molecule has 2 nitrogen and oxygen atoms in total. The lowest BCUT2D eigenvalue weighted by atomic mass is 9.80. The Morgan fingerprint density at radius 2 is 0.935 bits per heavy atom. The minimum Gasteiger partial charge on any atom is -0.438 e. The SMILES string of the molecule is CC(C)(C)c1cccc(OP(Oc2cc(C(C)(C)C)cc(C(C)(C)C)c2)C(C)(C)C)c1. The molecule has 0 aliphatic carbocycles. The van der Waals surface area contributed by atoms with Gasteiger partial charge >= 0.3 is 0 Å². The maximum atomic E-state index is 6.62. The van der Waals surface area contributed by atoms with Gasteiger partial charge in [0.15, 0.2) is 0 Å². The molecule has 0 aromatic heterocycles. The fourth-order valence-corrected chi connectivity index (χ4v) is 4.21. The minimum atomic E-state index is -1.20. The minimum absolute atomic E-state index is 0.0474. The van der Waals surface area contributed by atoms with Gasteiger partial charge in [0.05, 0.1) is 5.16 Å². The summed E-state index contributed by atoms with van der Waals surface area (Å²) in [7, 11) is -1.20. The first-order chi connectivity index (χ1) is 13.9. The van der Waals surface area contributed by atoms with Crippen LogP contribution in [-0.2, 0) is 16.2 Å². The van der Waals surface area contributed by atoms with Crippen molar-refractivity contribution in [3.05, 3.63) is 59.2 Å². The molecule has 2 rings (SSSR count). The topological polar surface area (TPSA) is 18.5 Å². The van der Waals surface area contributed by atoms with Crippen molar-refractivity contribution in [3.63, 3.8) is 0 Å².